The average Bonchev–Trinajstić information content (AvgIpc) is 2.85. The number of ketones is 1. The Morgan fingerprint density at radius 2 is 2.11 bits per heavy atom. The molecule has 2 nitrogen and oxygen atoms in total. The van der Waals surface area contributed by atoms with E-state index in [0.29, 0.717) is 12.5 Å². The molecule has 0 heterocycles. The van der Waals surface area contributed by atoms with E-state index in [9.17, 15) is 4.79 Å². The van der Waals surface area contributed by atoms with Gasteiger partial charge in [0, 0.05) is 24.6 Å². The molecule has 1 unspecified atom stereocenters. The first kappa shape index (κ1) is 13.3. The van der Waals surface area contributed by atoms with Crippen LogP contribution >= 0.6 is 0 Å². The molecule has 1 aromatic carbocycles. The molecule has 0 fully saturated rings. The number of carbonyl (C=O) groups is 1. The first-order valence-electron chi connectivity index (χ1n) is 7.09. The Morgan fingerprint density at radius 3 is 2.89 bits per heavy atom. The van der Waals surface area contributed by atoms with E-state index in [1.807, 2.05) is 6.07 Å². The molecule has 1 aliphatic carbocycles. The van der Waals surface area contributed by atoms with Crippen molar-refractivity contribution in [3.63, 3.8) is 0 Å². The van der Waals surface area contributed by atoms with Gasteiger partial charge < -0.3 is 5.32 Å². The summed E-state index contributed by atoms with van der Waals surface area (Å²) in [7, 11) is 0. The van der Waals surface area contributed by atoms with Crippen LogP contribution in [0.3, 0.4) is 0 Å². The van der Waals surface area contributed by atoms with E-state index >= 15 is 0 Å². The van der Waals surface area contributed by atoms with E-state index in [0.717, 1.165) is 24.9 Å². The van der Waals surface area contributed by atoms with Crippen molar-refractivity contribution < 1.29 is 4.79 Å². The zero-order chi connectivity index (χ0) is 13.0. The Kier molecular flexibility index (Phi) is 4.54. The van der Waals surface area contributed by atoms with Crippen molar-refractivity contribution in [2.75, 3.05) is 6.54 Å². The summed E-state index contributed by atoms with van der Waals surface area (Å²) in [6, 6.07) is 6.74. The molecule has 2 heteroatoms. The van der Waals surface area contributed by atoms with Crippen molar-refractivity contribution in [1.82, 2.24) is 5.32 Å². The molecule has 98 valence electrons. The topological polar surface area (TPSA) is 29.1 Å². The molecule has 0 radical (unpaired) electrons. The van der Waals surface area contributed by atoms with E-state index in [1.165, 1.54) is 24.0 Å². The largest absolute Gasteiger partial charge is 0.314 e. The van der Waals surface area contributed by atoms with Crippen LogP contribution in [0.4, 0.5) is 0 Å². The highest BCUT2D eigenvalue weighted by Crippen LogP contribution is 2.23. The van der Waals surface area contributed by atoms with Gasteiger partial charge in [-0.1, -0.05) is 19.1 Å². The van der Waals surface area contributed by atoms with Crippen LogP contribution in [0.5, 0.6) is 0 Å². The zero-order valence-electron chi connectivity index (χ0n) is 11.5. The summed E-state index contributed by atoms with van der Waals surface area (Å²) in [5, 5.41) is 3.36. The van der Waals surface area contributed by atoms with Crippen LogP contribution in [-0.2, 0) is 12.8 Å². The third-order valence-corrected chi connectivity index (χ3v) is 3.88. The molecule has 0 saturated carbocycles. The fraction of sp³-hybridized carbons (Fsp3) is 0.562. The van der Waals surface area contributed by atoms with Gasteiger partial charge in [-0.2, -0.15) is 0 Å². The van der Waals surface area contributed by atoms with E-state index in [2.05, 4.69) is 31.3 Å². The van der Waals surface area contributed by atoms with Gasteiger partial charge in [-0.3, -0.25) is 4.79 Å². The van der Waals surface area contributed by atoms with Gasteiger partial charge in [0.25, 0.3) is 0 Å². The highest BCUT2D eigenvalue weighted by molar-refractivity contribution is 5.96. The van der Waals surface area contributed by atoms with Crippen molar-refractivity contribution in [1.29, 1.82) is 0 Å². The third-order valence-electron chi connectivity index (χ3n) is 3.88. The maximum absolute atomic E-state index is 12.1. The predicted molar refractivity (Wildman–Crippen MR) is 75.2 cm³/mol. The van der Waals surface area contributed by atoms with Crippen LogP contribution in [0.25, 0.3) is 0 Å². The number of carbonyl (C=O) groups excluding carboxylic acids is 1. The molecule has 0 aliphatic heterocycles. The molecule has 1 aromatic rings. The Labute approximate surface area is 110 Å². The SMILES string of the molecule is CCC(C)NCCC(=O)c1ccc2c(c1)CCC2. The van der Waals surface area contributed by atoms with Gasteiger partial charge in [0.1, 0.15) is 0 Å². The van der Waals surface area contributed by atoms with Gasteiger partial charge in [0.2, 0.25) is 0 Å². The fourth-order valence-corrected chi connectivity index (χ4v) is 2.47. The number of fused-ring (bicyclic) bond motifs is 1. The smallest absolute Gasteiger partial charge is 0.164 e. The normalized spacial score (nSPS) is 15.4. The number of hydrogen-bond donors (Lipinski definition) is 1. The number of Topliss-reactive ketones (excluding diaryl/α,β-unsaturated/α-hetero) is 1. The minimum absolute atomic E-state index is 0.264. The number of aryl methyl sites for hydroxylation is 2. The summed E-state index contributed by atoms with van der Waals surface area (Å²) in [4.78, 5) is 12.1. The van der Waals surface area contributed by atoms with Gasteiger partial charge >= 0.3 is 0 Å². The highest BCUT2D eigenvalue weighted by Gasteiger charge is 2.13. The van der Waals surface area contributed by atoms with Gasteiger partial charge in [-0.15, -0.1) is 0 Å². The van der Waals surface area contributed by atoms with Crippen LogP contribution in [-0.4, -0.2) is 18.4 Å². The first-order chi connectivity index (χ1) is 8.70. The maximum Gasteiger partial charge on any atom is 0.164 e. The zero-order valence-corrected chi connectivity index (χ0v) is 11.5. The van der Waals surface area contributed by atoms with E-state index in [1.54, 1.807) is 0 Å². The van der Waals surface area contributed by atoms with Gasteiger partial charge in [-0.25, -0.2) is 0 Å². The molecular formula is C16H23NO. The van der Waals surface area contributed by atoms with Crippen LogP contribution in [0.15, 0.2) is 18.2 Å². The molecule has 1 N–H and O–H groups in total. The molecule has 2 rings (SSSR count). The number of nitrogens with one attached hydrogen (secondary N) is 1. The fourth-order valence-electron chi connectivity index (χ4n) is 2.47. The van der Waals surface area contributed by atoms with Crippen molar-refractivity contribution >= 4 is 5.78 Å². The van der Waals surface area contributed by atoms with E-state index in [-0.39, 0.29) is 5.78 Å². The second kappa shape index (κ2) is 6.14. The highest BCUT2D eigenvalue weighted by atomic mass is 16.1. The second-order valence-corrected chi connectivity index (χ2v) is 5.27. The molecule has 0 spiro atoms. The molecule has 0 saturated heterocycles. The van der Waals surface area contributed by atoms with Crippen LogP contribution < -0.4 is 5.32 Å². The van der Waals surface area contributed by atoms with Crippen molar-refractivity contribution in [3.8, 4) is 0 Å². The third kappa shape index (κ3) is 3.20. The number of hydrogen-bond acceptors (Lipinski definition) is 2. The molecule has 1 aliphatic rings. The lowest BCUT2D eigenvalue weighted by atomic mass is 10.0. The lowest BCUT2D eigenvalue weighted by Gasteiger charge is -2.10. The number of benzene rings is 1. The minimum Gasteiger partial charge on any atom is -0.314 e. The van der Waals surface area contributed by atoms with E-state index < -0.39 is 0 Å². The van der Waals surface area contributed by atoms with Crippen LogP contribution in [0.1, 0.15) is 54.6 Å². The maximum atomic E-state index is 12.1. The standard InChI is InChI=1S/C16H23NO/c1-3-12(2)17-10-9-16(18)15-8-7-13-5-4-6-14(13)11-15/h7-8,11-12,17H,3-6,9-10H2,1-2H3. The number of rotatable bonds is 6. The Hall–Kier alpha value is -1.15. The molecule has 0 amide bonds. The molecule has 0 aromatic heterocycles. The summed E-state index contributed by atoms with van der Waals surface area (Å²) < 4.78 is 0. The molecule has 0 bridgehead atoms. The first-order valence-corrected chi connectivity index (χ1v) is 7.09. The summed E-state index contributed by atoms with van der Waals surface area (Å²) in [5.41, 5.74) is 3.71. The monoisotopic (exact) mass is 245 g/mol. The van der Waals surface area contributed by atoms with Gasteiger partial charge in [-0.05, 0) is 49.8 Å². The van der Waals surface area contributed by atoms with Crippen molar-refractivity contribution in [2.45, 2.75) is 52.0 Å². The summed E-state index contributed by atoms with van der Waals surface area (Å²) in [5.74, 6) is 0.264. The van der Waals surface area contributed by atoms with Crippen LogP contribution in [0.2, 0.25) is 0 Å². The summed E-state index contributed by atoms with van der Waals surface area (Å²) in [6.07, 6.45) is 5.26. The van der Waals surface area contributed by atoms with Crippen molar-refractivity contribution in [3.05, 3.63) is 34.9 Å². The van der Waals surface area contributed by atoms with Gasteiger partial charge in [0.05, 0.1) is 0 Å². The van der Waals surface area contributed by atoms with Gasteiger partial charge in [0.15, 0.2) is 5.78 Å². The molecule has 18 heavy (non-hydrogen) atoms. The average molecular weight is 245 g/mol. The predicted octanol–water partition coefficient (Wildman–Crippen LogP) is 3.14. The Balaban J connectivity index is 1.89. The molecule has 1 atom stereocenters. The Morgan fingerprint density at radius 1 is 1.33 bits per heavy atom. The second-order valence-electron chi connectivity index (χ2n) is 5.27. The summed E-state index contributed by atoms with van der Waals surface area (Å²) in [6.45, 7) is 5.09. The van der Waals surface area contributed by atoms with Crippen LogP contribution in [0, 0.1) is 0 Å². The lowest BCUT2D eigenvalue weighted by molar-refractivity contribution is 0.0981. The lowest BCUT2D eigenvalue weighted by Crippen LogP contribution is -2.27. The van der Waals surface area contributed by atoms with E-state index in [4.69, 9.17) is 0 Å². The quantitative estimate of drug-likeness (QED) is 0.780. The molecular weight excluding hydrogens is 222 g/mol. The van der Waals surface area contributed by atoms with Crippen molar-refractivity contribution in [2.24, 2.45) is 0 Å². The summed E-state index contributed by atoms with van der Waals surface area (Å²) >= 11 is 0. The minimum atomic E-state index is 0.264. The Bertz CT molecular complexity index is 425.